The van der Waals surface area contributed by atoms with E-state index in [4.69, 9.17) is 14.4 Å². The second-order valence-corrected chi connectivity index (χ2v) is 22.3. The Hall–Kier alpha value is -5.46. The molecular weight excluding hydrogens is 929 g/mol. The van der Waals surface area contributed by atoms with Crippen molar-refractivity contribution in [2.45, 2.75) is 79.9 Å². The van der Waals surface area contributed by atoms with Gasteiger partial charge >= 0.3 is 0 Å². The predicted molar refractivity (Wildman–Crippen MR) is 250 cm³/mol. The number of benzene rings is 5. The molecule has 0 aliphatic carbocycles. The molecule has 305 valence electrons. The first-order chi connectivity index (χ1) is 28.3. The summed E-state index contributed by atoms with van der Waals surface area (Å²) in [7, 11) is -1.27. The Morgan fingerprint density at radius 1 is 0.683 bits per heavy atom. The smallest absolute Gasteiger partial charge is 0.120 e. The molecule has 0 fully saturated rings. The van der Waals surface area contributed by atoms with Crippen LogP contribution in [0.15, 0.2) is 126 Å². The van der Waals surface area contributed by atoms with Crippen LogP contribution in [0.1, 0.15) is 67.6 Å². The first-order valence-corrected chi connectivity index (χ1v) is 24.2. The number of aryl methyl sites for hydroxylation is 3. The maximum atomic E-state index is 6.51. The summed E-state index contributed by atoms with van der Waals surface area (Å²) in [5.74, 6) is 1.37. The first kappa shape index (κ1) is 42.7. The molecule has 9 rings (SSSR count). The maximum Gasteiger partial charge on any atom is 0.120 e. The maximum absolute atomic E-state index is 6.51. The van der Waals surface area contributed by atoms with Gasteiger partial charge in [0.2, 0.25) is 0 Å². The van der Waals surface area contributed by atoms with E-state index < -0.39 is 8.07 Å². The van der Waals surface area contributed by atoms with Gasteiger partial charge in [0.1, 0.15) is 5.58 Å². The Bertz CT molecular complexity index is 2930. The molecule has 0 aliphatic rings. The summed E-state index contributed by atoms with van der Waals surface area (Å²) >= 11 is 0. The Morgan fingerprint density at radius 2 is 1.37 bits per heavy atom. The van der Waals surface area contributed by atoms with Crippen molar-refractivity contribution >= 4 is 46.2 Å². The molecule has 4 aromatic heterocycles. The topological polar surface area (TPSA) is 56.7 Å². The van der Waals surface area contributed by atoms with Crippen LogP contribution in [0.3, 0.4) is 0 Å². The van der Waals surface area contributed by atoms with Crippen molar-refractivity contribution in [1.29, 1.82) is 0 Å². The van der Waals surface area contributed by atoms with E-state index in [0.717, 1.165) is 67.0 Å². The van der Waals surface area contributed by atoms with Gasteiger partial charge in [0.25, 0.3) is 0 Å². The van der Waals surface area contributed by atoms with Crippen LogP contribution < -0.4 is 5.19 Å². The molecule has 0 saturated heterocycles. The van der Waals surface area contributed by atoms with Crippen LogP contribution in [0.5, 0.6) is 0 Å². The summed E-state index contributed by atoms with van der Waals surface area (Å²) in [5, 5.41) is 3.60. The van der Waals surface area contributed by atoms with Gasteiger partial charge in [-0.1, -0.05) is 118 Å². The monoisotopic (exact) mass is 981 g/mol. The Kier molecular flexibility index (Phi) is 12.3. The zero-order chi connectivity index (χ0) is 41.6. The molecule has 0 N–H and O–H groups in total. The van der Waals surface area contributed by atoms with Gasteiger partial charge < -0.3 is 14.0 Å². The van der Waals surface area contributed by atoms with Crippen molar-refractivity contribution in [1.82, 2.24) is 19.5 Å². The quantitative estimate of drug-likeness (QED) is 0.118. The van der Waals surface area contributed by atoms with E-state index in [2.05, 4.69) is 168 Å². The Morgan fingerprint density at radius 3 is 2.02 bits per heavy atom. The number of rotatable bonds is 7. The van der Waals surface area contributed by atoms with Gasteiger partial charge in [-0.2, -0.15) is 0 Å². The number of hydrogen-bond donors (Lipinski definition) is 0. The van der Waals surface area contributed by atoms with Crippen LogP contribution in [0, 0.1) is 32.9 Å². The van der Waals surface area contributed by atoms with Crippen LogP contribution >= 0.6 is 0 Å². The molecule has 60 heavy (non-hydrogen) atoms. The largest absolute Gasteiger partial charge is 0.501 e. The third-order valence-electron chi connectivity index (χ3n) is 11.1. The summed E-state index contributed by atoms with van der Waals surface area (Å²) in [4.78, 5) is 14.8. The molecule has 0 aliphatic heterocycles. The molecule has 0 bridgehead atoms. The van der Waals surface area contributed by atoms with Crippen molar-refractivity contribution in [3.63, 3.8) is 0 Å². The molecule has 9 aromatic rings. The van der Waals surface area contributed by atoms with Gasteiger partial charge in [0, 0.05) is 43.1 Å². The van der Waals surface area contributed by atoms with E-state index in [-0.39, 0.29) is 31.9 Å². The van der Waals surface area contributed by atoms with Crippen LogP contribution in [-0.2, 0) is 20.1 Å². The molecule has 0 spiro atoms. The number of para-hydroxylation sites is 1. The Balaban J connectivity index is 0.000000255. The molecule has 0 unspecified atom stereocenters. The molecule has 0 amide bonds. The predicted octanol–water partition coefficient (Wildman–Crippen LogP) is 13.7. The van der Waals surface area contributed by atoms with E-state index >= 15 is 0 Å². The van der Waals surface area contributed by atoms with Crippen molar-refractivity contribution in [2.75, 3.05) is 0 Å². The fraction of sp³-hybridized carbons (Fsp3) is 0.226. The van der Waals surface area contributed by atoms with E-state index in [1.165, 1.54) is 38.7 Å². The number of furan rings is 1. The van der Waals surface area contributed by atoms with Gasteiger partial charge in [-0.15, -0.1) is 54.1 Å². The summed E-state index contributed by atoms with van der Waals surface area (Å²) in [6, 6.07) is 46.7. The normalized spacial score (nSPS) is 11.7. The number of hydrogen-bond acceptors (Lipinski definition) is 4. The minimum Gasteiger partial charge on any atom is -0.501 e. The van der Waals surface area contributed by atoms with Crippen LogP contribution in [0.2, 0.25) is 19.6 Å². The van der Waals surface area contributed by atoms with E-state index in [9.17, 15) is 0 Å². The van der Waals surface area contributed by atoms with Crippen molar-refractivity contribution in [3.8, 4) is 39.5 Å². The standard InChI is InChI=1S/C38H34N3O.C15H18NSi.Ir/c1-22(2)31-20-27(26-13-8-7-9-14-26)21-32(23(3)4)36(31)41-35-25(6)39-24(5)19-33(35)40-38(41)30-17-12-16-29-28-15-10-11-18-34(28)42-37(29)30;1-12-10-14(13-8-6-5-7-9-13)16-11-15(12)17(2,3)4;/h7-16,18-23H,1-6H3;5-8,10-11H,1-4H3;/q2*-1;. The van der Waals surface area contributed by atoms with Gasteiger partial charge in [-0.3, -0.25) is 9.97 Å². The molecule has 0 saturated carbocycles. The molecule has 0 atom stereocenters. The van der Waals surface area contributed by atoms with E-state index in [0.29, 0.717) is 0 Å². The average molecular weight is 981 g/mol. The van der Waals surface area contributed by atoms with Gasteiger partial charge in [0.05, 0.1) is 36.2 Å². The number of fused-ring (bicyclic) bond motifs is 4. The van der Waals surface area contributed by atoms with E-state index in [1.54, 1.807) is 0 Å². The summed E-state index contributed by atoms with van der Waals surface area (Å²) in [6.07, 6.45) is 2.05. The average Bonchev–Trinajstić information content (AvgIpc) is 3.79. The summed E-state index contributed by atoms with van der Waals surface area (Å²) in [6.45, 7) is 22.5. The fourth-order valence-corrected chi connectivity index (χ4v) is 10.0. The molecule has 1 radical (unpaired) electrons. The van der Waals surface area contributed by atoms with Crippen LogP contribution in [-0.4, -0.2) is 27.6 Å². The van der Waals surface area contributed by atoms with Crippen molar-refractivity contribution in [2.24, 2.45) is 0 Å². The number of aromatic nitrogens is 4. The third-order valence-corrected chi connectivity index (χ3v) is 13.3. The molecule has 4 heterocycles. The fourth-order valence-electron chi connectivity index (χ4n) is 8.33. The Labute approximate surface area is 369 Å². The molecule has 7 heteroatoms. The van der Waals surface area contributed by atoms with Gasteiger partial charge in [-0.25, -0.2) is 0 Å². The second-order valence-electron chi connectivity index (χ2n) is 17.3. The van der Waals surface area contributed by atoms with Crippen LogP contribution in [0.25, 0.3) is 72.4 Å². The minimum absolute atomic E-state index is 0. The second kappa shape index (κ2) is 17.3. The van der Waals surface area contributed by atoms with Gasteiger partial charge in [0.15, 0.2) is 0 Å². The van der Waals surface area contributed by atoms with Crippen molar-refractivity contribution < 1.29 is 24.5 Å². The van der Waals surface area contributed by atoms with E-state index in [1.807, 2.05) is 43.3 Å². The summed E-state index contributed by atoms with van der Waals surface area (Å²) < 4.78 is 8.85. The molecular formula is C53H52IrN4OSi-2. The van der Waals surface area contributed by atoms with Gasteiger partial charge in [-0.05, 0) is 90.0 Å². The summed E-state index contributed by atoms with van der Waals surface area (Å²) in [5.41, 5.74) is 16.0. The number of imidazole rings is 1. The molecule has 5 nitrogen and oxygen atoms in total. The zero-order valence-electron chi connectivity index (χ0n) is 36.2. The molecule has 5 aromatic carbocycles. The third kappa shape index (κ3) is 8.19. The number of pyridine rings is 2. The first-order valence-electron chi connectivity index (χ1n) is 20.7. The minimum atomic E-state index is -1.27. The SMILES string of the molecule is Cc1cc(-c2[c-]cccc2)ncc1[Si](C)(C)C.Cc1cc2nc(-c3[c-]ccc4c3oc3ccccc34)n(-c3c(C(C)C)cc(-c4ccccc4)cc3C(C)C)c2c(C)n1.[Ir]. The van der Waals surface area contributed by atoms with Crippen LogP contribution in [0.4, 0.5) is 0 Å². The van der Waals surface area contributed by atoms with Crippen molar-refractivity contribution in [3.05, 3.63) is 162 Å². The zero-order valence-corrected chi connectivity index (χ0v) is 39.6. The number of nitrogens with zero attached hydrogens (tertiary/aromatic N) is 4.